The molecule has 2 rings (SSSR count). The molecule has 1 heterocycles. The van der Waals surface area contributed by atoms with Crippen LogP contribution >= 0.6 is 27.5 Å². The number of hydrogen-bond acceptors (Lipinski definition) is 2. The van der Waals surface area contributed by atoms with Crippen LogP contribution in [0.3, 0.4) is 0 Å². The molecule has 0 spiro atoms. The minimum Gasteiger partial charge on any atom is -0.497 e. The second kappa shape index (κ2) is 6.07. The van der Waals surface area contributed by atoms with Gasteiger partial charge in [0.05, 0.1) is 18.0 Å². The van der Waals surface area contributed by atoms with Crippen LogP contribution in [0.1, 0.15) is 29.7 Å². The highest BCUT2D eigenvalue weighted by atomic mass is 79.9. The Hall–Kier alpha value is -0.250. The summed E-state index contributed by atoms with van der Waals surface area (Å²) in [6.45, 7) is 0.848. The molecule has 0 bridgehead atoms. The van der Waals surface area contributed by atoms with E-state index in [1.165, 1.54) is 6.42 Å². The van der Waals surface area contributed by atoms with Crippen LogP contribution in [-0.2, 0) is 4.74 Å². The summed E-state index contributed by atoms with van der Waals surface area (Å²) in [4.78, 5) is 0.154. The molecule has 1 aromatic rings. The first-order valence-corrected chi connectivity index (χ1v) is 7.11. The lowest BCUT2D eigenvalue weighted by Crippen LogP contribution is -2.23. The van der Waals surface area contributed by atoms with Gasteiger partial charge in [0.15, 0.2) is 0 Å². The highest BCUT2D eigenvalue weighted by molar-refractivity contribution is 9.09. The molecular formula is C13H16BrClO2. The van der Waals surface area contributed by atoms with E-state index in [4.69, 9.17) is 21.1 Å². The number of hydrogen-bond donors (Lipinski definition) is 0. The number of halogens is 2. The van der Waals surface area contributed by atoms with Gasteiger partial charge >= 0.3 is 0 Å². The van der Waals surface area contributed by atoms with Gasteiger partial charge < -0.3 is 9.47 Å². The summed E-state index contributed by atoms with van der Waals surface area (Å²) in [6.07, 6.45) is 3.68. The molecule has 2 atom stereocenters. The number of ether oxygens (including phenoxy) is 2. The number of methoxy groups -OCH3 is 1. The molecule has 0 saturated carbocycles. The number of rotatable bonds is 3. The summed E-state index contributed by atoms with van der Waals surface area (Å²) < 4.78 is 10.9. The first-order valence-electron chi connectivity index (χ1n) is 5.81. The average molecular weight is 320 g/mol. The molecule has 94 valence electrons. The van der Waals surface area contributed by atoms with Crippen molar-refractivity contribution in [3.05, 3.63) is 28.8 Å². The second-order valence-electron chi connectivity index (χ2n) is 4.19. The quantitative estimate of drug-likeness (QED) is 0.771. The smallest absolute Gasteiger partial charge is 0.120 e. The number of alkyl halides is 1. The fraction of sp³-hybridized carbons (Fsp3) is 0.538. The van der Waals surface area contributed by atoms with Crippen molar-refractivity contribution in [2.75, 3.05) is 13.7 Å². The second-order valence-corrected chi connectivity index (χ2v) is 5.59. The molecule has 17 heavy (non-hydrogen) atoms. The van der Waals surface area contributed by atoms with E-state index in [-0.39, 0.29) is 10.9 Å². The highest BCUT2D eigenvalue weighted by Crippen LogP contribution is 2.38. The minimum atomic E-state index is 0.154. The van der Waals surface area contributed by atoms with Crippen molar-refractivity contribution in [1.29, 1.82) is 0 Å². The van der Waals surface area contributed by atoms with Gasteiger partial charge in [-0.05, 0) is 37.0 Å². The third-order valence-corrected chi connectivity index (χ3v) is 4.46. The first kappa shape index (κ1) is 13.2. The average Bonchev–Trinajstić information content (AvgIpc) is 2.39. The van der Waals surface area contributed by atoms with Gasteiger partial charge in [0.2, 0.25) is 0 Å². The maximum absolute atomic E-state index is 6.26. The lowest BCUT2D eigenvalue weighted by Gasteiger charge is -2.27. The largest absolute Gasteiger partial charge is 0.497 e. The molecule has 0 amide bonds. The van der Waals surface area contributed by atoms with Gasteiger partial charge in [-0.1, -0.05) is 33.6 Å². The Morgan fingerprint density at radius 1 is 1.47 bits per heavy atom. The molecule has 0 aliphatic carbocycles. The zero-order chi connectivity index (χ0) is 12.3. The lowest BCUT2D eigenvalue weighted by molar-refractivity contribution is 0.0160. The minimum absolute atomic E-state index is 0.154. The van der Waals surface area contributed by atoms with Gasteiger partial charge in [-0.15, -0.1) is 0 Å². The molecule has 0 radical (unpaired) electrons. The van der Waals surface area contributed by atoms with Crippen LogP contribution in [-0.4, -0.2) is 19.8 Å². The van der Waals surface area contributed by atoms with Gasteiger partial charge in [0.25, 0.3) is 0 Å². The molecule has 1 aromatic carbocycles. The normalized spacial score (nSPS) is 22.2. The van der Waals surface area contributed by atoms with Crippen molar-refractivity contribution in [3.8, 4) is 5.75 Å². The van der Waals surface area contributed by atoms with Gasteiger partial charge in [-0.3, -0.25) is 0 Å². The van der Waals surface area contributed by atoms with Gasteiger partial charge in [0, 0.05) is 11.6 Å². The Bertz CT molecular complexity index is 378. The van der Waals surface area contributed by atoms with E-state index in [0.717, 1.165) is 35.8 Å². The van der Waals surface area contributed by atoms with Gasteiger partial charge in [-0.25, -0.2) is 0 Å². The molecule has 2 unspecified atom stereocenters. The number of benzene rings is 1. The summed E-state index contributed by atoms with van der Waals surface area (Å²) in [7, 11) is 1.64. The Labute approximate surface area is 115 Å². The van der Waals surface area contributed by atoms with E-state index in [0.29, 0.717) is 0 Å². The molecule has 0 aromatic heterocycles. The fourth-order valence-electron chi connectivity index (χ4n) is 2.06. The van der Waals surface area contributed by atoms with E-state index in [1.54, 1.807) is 7.11 Å². The van der Waals surface area contributed by atoms with Crippen molar-refractivity contribution in [3.63, 3.8) is 0 Å². The Balaban J connectivity index is 2.15. The van der Waals surface area contributed by atoms with E-state index in [1.807, 2.05) is 18.2 Å². The van der Waals surface area contributed by atoms with Gasteiger partial charge in [0.1, 0.15) is 5.75 Å². The third kappa shape index (κ3) is 3.15. The first-order chi connectivity index (χ1) is 8.22. The van der Waals surface area contributed by atoms with E-state index in [2.05, 4.69) is 15.9 Å². The summed E-state index contributed by atoms with van der Waals surface area (Å²) in [5.74, 6) is 0.781. The molecule has 2 nitrogen and oxygen atoms in total. The summed E-state index contributed by atoms with van der Waals surface area (Å²) in [6, 6.07) is 5.77. The molecule has 4 heteroatoms. The van der Waals surface area contributed by atoms with Crippen LogP contribution < -0.4 is 4.74 Å². The van der Waals surface area contributed by atoms with Crippen molar-refractivity contribution in [2.24, 2.45) is 0 Å². The van der Waals surface area contributed by atoms with Gasteiger partial charge in [-0.2, -0.15) is 0 Å². The van der Waals surface area contributed by atoms with Crippen molar-refractivity contribution < 1.29 is 9.47 Å². The third-order valence-electron chi connectivity index (χ3n) is 3.05. The molecule has 1 saturated heterocycles. The highest BCUT2D eigenvalue weighted by Gasteiger charge is 2.25. The molecule has 1 aliphatic rings. The zero-order valence-corrected chi connectivity index (χ0v) is 12.1. The van der Waals surface area contributed by atoms with Crippen LogP contribution in [0.15, 0.2) is 18.2 Å². The Kier molecular flexibility index (Phi) is 4.71. The summed E-state index contributed by atoms with van der Waals surface area (Å²) in [5, 5.41) is 0.723. The predicted octanol–water partition coefficient (Wildman–Crippen LogP) is 4.35. The fourth-order valence-corrected chi connectivity index (χ4v) is 3.29. The van der Waals surface area contributed by atoms with E-state index in [9.17, 15) is 0 Å². The maximum atomic E-state index is 6.26. The lowest BCUT2D eigenvalue weighted by atomic mass is 10.0. The van der Waals surface area contributed by atoms with Crippen molar-refractivity contribution in [1.82, 2.24) is 0 Å². The van der Waals surface area contributed by atoms with Crippen LogP contribution in [0.25, 0.3) is 0 Å². The van der Waals surface area contributed by atoms with Crippen LogP contribution in [0.4, 0.5) is 0 Å². The predicted molar refractivity (Wildman–Crippen MR) is 73.3 cm³/mol. The van der Waals surface area contributed by atoms with Crippen LogP contribution in [0.5, 0.6) is 5.75 Å². The summed E-state index contributed by atoms with van der Waals surface area (Å²) in [5.41, 5.74) is 1.07. The van der Waals surface area contributed by atoms with Crippen molar-refractivity contribution in [2.45, 2.75) is 30.2 Å². The van der Waals surface area contributed by atoms with Crippen molar-refractivity contribution >= 4 is 27.5 Å². The molecular weight excluding hydrogens is 303 g/mol. The van der Waals surface area contributed by atoms with E-state index < -0.39 is 0 Å². The summed E-state index contributed by atoms with van der Waals surface area (Å²) >= 11 is 9.95. The van der Waals surface area contributed by atoms with Crippen LogP contribution in [0.2, 0.25) is 5.02 Å². The molecule has 1 fully saturated rings. The molecule has 0 N–H and O–H groups in total. The SMILES string of the molecule is COc1ccc(C(Br)C2CCCCO2)c(Cl)c1. The molecule has 1 aliphatic heterocycles. The monoisotopic (exact) mass is 318 g/mol. The topological polar surface area (TPSA) is 18.5 Å². The standard InChI is InChI=1S/C13H16BrClO2/c1-16-9-5-6-10(11(15)8-9)13(14)12-4-2-3-7-17-12/h5-6,8,12-13H,2-4,7H2,1H3. The Morgan fingerprint density at radius 2 is 2.29 bits per heavy atom. The van der Waals surface area contributed by atoms with Crippen LogP contribution in [0, 0.1) is 0 Å². The maximum Gasteiger partial charge on any atom is 0.120 e. The van der Waals surface area contributed by atoms with E-state index >= 15 is 0 Å². The Morgan fingerprint density at radius 3 is 2.88 bits per heavy atom. The zero-order valence-electron chi connectivity index (χ0n) is 9.79.